The molecular weight excluding hydrogens is 344 g/mol. The van der Waals surface area contributed by atoms with Crippen molar-refractivity contribution in [1.29, 1.82) is 0 Å². The number of carbonyl (C=O) groups excluding carboxylic acids is 1. The van der Waals surface area contributed by atoms with E-state index in [1.807, 2.05) is 12.1 Å². The van der Waals surface area contributed by atoms with Crippen molar-refractivity contribution >= 4 is 23.2 Å². The second-order valence-electron chi connectivity index (χ2n) is 8.22. The summed E-state index contributed by atoms with van der Waals surface area (Å²) in [5.41, 5.74) is 0.920. The van der Waals surface area contributed by atoms with Gasteiger partial charge in [-0.15, -0.1) is 0 Å². The summed E-state index contributed by atoms with van der Waals surface area (Å²) in [6.07, 6.45) is 5.53. The molecule has 0 radical (unpaired) electrons. The van der Waals surface area contributed by atoms with Crippen LogP contribution >= 0.6 is 12.2 Å². The summed E-state index contributed by atoms with van der Waals surface area (Å²) >= 11 is 5.34. The zero-order chi connectivity index (χ0) is 19.2. The molecule has 0 unspecified atom stereocenters. The second kappa shape index (κ2) is 9.36. The summed E-state index contributed by atoms with van der Waals surface area (Å²) in [5.74, 6) is 1.27. The average molecular weight is 377 g/mol. The molecule has 5 heteroatoms. The van der Waals surface area contributed by atoms with Crippen LogP contribution in [0.4, 0.5) is 0 Å². The third-order valence-corrected chi connectivity index (χ3v) is 5.30. The van der Waals surface area contributed by atoms with Crippen LogP contribution in [0.25, 0.3) is 0 Å². The molecule has 2 N–H and O–H groups in total. The minimum atomic E-state index is -0.201. The minimum absolute atomic E-state index is 0.201. The minimum Gasteiger partial charge on any atom is -0.494 e. The fourth-order valence-corrected chi connectivity index (χ4v) is 3.71. The lowest BCUT2D eigenvalue weighted by Gasteiger charge is -2.37. The topological polar surface area (TPSA) is 50.4 Å². The molecule has 4 nitrogen and oxygen atoms in total. The van der Waals surface area contributed by atoms with E-state index in [4.69, 9.17) is 17.0 Å². The van der Waals surface area contributed by atoms with E-state index in [0.717, 1.165) is 25.2 Å². The number of carbonyl (C=O) groups is 1. The van der Waals surface area contributed by atoms with Gasteiger partial charge in [-0.2, -0.15) is 0 Å². The number of hydrogen-bond acceptors (Lipinski definition) is 3. The van der Waals surface area contributed by atoms with E-state index in [1.54, 1.807) is 12.1 Å². The monoisotopic (exact) mass is 376 g/mol. The summed E-state index contributed by atoms with van der Waals surface area (Å²) in [7, 11) is 0. The van der Waals surface area contributed by atoms with E-state index in [9.17, 15) is 4.79 Å². The van der Waals surface area contributed by atoms with Gasteiger partial charge in [0.05, 0.1) is 6.61 Å². The van der Waals surface area contributed by atoms with Crippen LogP contribution in [0.2, 0.25) is 0 Å². The fourth-order valence-electron chi connectivity index (χ4n) is 3.45. The molecule has 1 aliphatic rings. The number of thiocarbonyl (C=S) groups is 1. The van der Waals surface area contributed by atoms with Gasteiger partial charge < -0.3 is 10.1 Å². The largest absolute Gasteiger partial charge is 0.494 e. The number of benzene rings is 1. The summed E-state index contributed by atoms with van der Waals surface area (Å²) in [6, 6.07) is 7.55. The van der Waals surface area contributed by atoms with Gasteiger partial charge in [-0.05, 0) is 73.9 Å². The molecule has 2 rings (SSSR count). The lowest BCUT2D eigenvalue weighted by molar-refractivity contribution is 0.0975. The smallest absolute Gasteiger partial charge is 0.257 e. The maximum atomic E-state index is 12.4. The van der Waals surface area contributed by atoms with E-state index in [0.29, 0.717) is 34.5 Å². The van der Waals surface area contributed by atoms with E-state index >= 15 is 0 Å². The molecule has 0 aliphatic heterocycles. The van der Waals surface area contributed by atoms with Crippen molar-refractivity contribution in [1.82, 2.24) is 10.6 Å². The van der Waals surface area contributed by atoms with Crippen LogP contribution in [0.15, 0.2) is 24.3 Å². The van der Waals surface area contributed by atoms with Crippen LogP contribution in [0, 0.1) is 11.3 Å². The molecule has 0 atom stereocenters. The van der Waals surface area contributed by atoms with Crippen molar-refractivity contribution in [2.45, 2.75) is 65.8 Å². The van der Waals surface area contributed by atoms with Crippen LogP contribution in [0.3, 0.4) is 0 Å². The molecular formula is C21H32N2O2S. The van der Waals surface area contributed by atoms with Gasteiger partial charge in [-0.25, -0.2) is 0 Å². The standard InChI is InChI=1S/C21H32N2O2S/c1-5-13-25-18-8-6-7-15(14-18)19(24)23-20(26)22-17-11-9-16(10-12-17)21(2,3)4/h6-8,14,16-17H,5,9-13H2,1-4H3,(H2,22,23,24,26). The van der Waals surface area contributed by atoms with Crippen molar-refractivity contribution in [3.05, 3.63) is 29.8 Å². The highest BCUT2D eigenvalue weighted by Crippen LogP contribution is 2.37. The third kappa shape index (κ3) is 6.27. The Morgan fingerprint density at radius 2 is 1.92 bits per heavy atom. The molecule has 1 amide bonds. The van der Waals surface area contributed by atoms with Crippen LogP contribution < -0.4 is 15.4 Å². The summed E-state index contributed by atoms with van der Waals surface area (Å²) in [5, 5.41) is 6.51. The zero-order valence-electron chi connectivity index (χ0n) is 16.4. The zero-order valence-corrected chi connectivity index (χ0v) is 17.2. The lowest BCUT2D eigenvalue weighted by atomic mass is 9.71. The van der Waals surface area contributed by atoms with E-state index in [-0.39, 0.29) is 5.91 Å². The first-order valence-electron chi connectivity index (χ1n) is 9.64. The van der Waals surface area contributed by atoms with Gasteiger partial charge in [0.15, 0.2) is 5.11 Å². The van der Waals surface area contributed by atoms with Crippen LogP contribution in [-0.4, -0.2) is 23.7 Å². The van der Waals surface area contributed by atoms with Crippen molar-refractivity contribution in [2.75, 3.05) is 6.61 Å². The Morgan fingerprint density at radius 1 is 1.23 bits per heavy atom. The highest BCUT2D eigenvalue weighted by molar-refractivity contribution is 7.80. The van der Waals surface area contributed by atoms with Gasteiger partial charge in [0.25, 0.3) is 5.91 Å². The molecule has 0 spiro atoms. The third-order valence-electron chi connectivity index (χ3n) is 5.08. The van der Waals surface area contributed by atoms with Gasteiger partial charge in [0, 0.05) is 11.6 Å². The van der Waals surface area contributed by atoms with Gasteiger partial charge in [0.2, 0.25) is 0 Å². The van der Waals surface area contributed by atoms with Gasteiger partial charge in [-0.3, -0.25) is 10.1 Å². The molecule has 0 heterocycles. The van der Waals surface area contributed by atoms with Gasteiger partial charge in [0.1, 0.15) is 5.75 Å². The fraction of sp³-hybridized carbons (Fsp3) is 0.619. The normalized spacial score (nSPS) is 20.3. The first-order chi connectivity index (χ1) is 12.3. The highest BCUT2D eigenvalue weighted by atomic mass is 32.1. The summed E-state index contributed by atoms with van der Waals surface area (Å²) < 4.78 is 5.58. The Labute approximate surface area is 163 Å². The maximum absolute atomic E-state index is 12.4. The quantitative estimate of drug-likeness (QED) is 0.732. The van der Waals surface area contributed by atoms with Crippen LogP contribution in [-0.2, 0) is 0 Å². The molecule has 1 saturated carbocycles. The van der Waals surface area contributed by atoms with Crippen molar-refractivity contribution in [2.24, 2.45) is 11.3 Å². The molecule has 1 aromatic carbocycles. The molecule has 0 saturated heterocycles. The highest BCUT2D eigenvalue weighted by Gasteiger charge is 2.29. The predicted molar refractivity (Wildman–Crippen MR) is 111 cm³/mol. The summed E-state index contributed by atoms with van der Waals surface area (Å²) in [4.78, 5) is 12.4. The number of amides is 1. The Kier molecular flexibility index (Phi) is 7.44. The lowest BCUT2D eigenvalue weighted by Crippen LogP contribution is -2.46. The van der Waals surface area contributed by atoms with Crippen LogP contribution in [0.1, 0.15) is 70.2 Å². The average Bonchev–Trinajstić information content (AvgIpc) is 2.59. The van der Waals surface area contributed by atoms with E-state index in [1.165, 1.54) is 12.8 Å². The van der Waals surface area contributed by atoms with E-state index in [2.05, 4.69) is 38.3 Å². The molecule has 26 heavy (non-hydrogen) atoms. The number of ether oxygens (including phenoxy) is 1. The van der Waals surface area contributed by atoms with Gasteiger partial charge in [-0.1, -0.05) is 33.8 Å². The predicted octanol–water partition coefficient (Wildman–Crippen LogP) is 4.68. The Morgan fingerprint density at radius 3 is 2.54 bits per heavy atom. The number of rotatable bonds is 5. The van der Waals surface area contributed by atoms with Crippen molar-refractivity contribution < 1.29 is 9.53 Å². The number of nitrogens with one attached hydrogen (secondary N) is 2. The van der Waals surface area contributed by atoms with Gasteiger partial charge >= 0.3 is 0 Å². The summed E-state index contributed by atoms with van der Waals surface area (Å²) in [6.45, 7) is 9.63. The molecule has 0 aromatic heterocycles. The van der Waals surface area contributed by atoms with Crippen molar-refractivity contribution in [3.8, 4) is 5.75 Å². The molecule has 0 bridgehead atoms. The first kappa shape index (κ1) is 20.7. The molecule has 144 valence electrons. The Bertz CT molecular complexity index is 617. The first-order valence-corrected chi connectivity index (χ1v) is 10.0. The number of hydrogen-bond donors (Lipinski definition) is 2. The SMILES string of the molecule is CCCOc1cccc(C(=O)NC(=S)NC2CCC(C(C)(C)C)CC2)c1. The molecule has 1 aromatic rings. The van der Waals surface area contributed by atoms with E-state index < -0.39 is 0 Å². The molecule has 1 aliphatic carbocycles. The van der Waals surface area contributed by atoms with Crippen LogP contribution in [0.5, 0.6) is 5.75 Å². The Balaban J connectivity index is 1.82. The second-order valence-corrected chi connectivity index (χ2v) is 8.63. The van der Waals surface area contributed by atoms with Crippen molar-refractivity contribution in [3.63, 3.8) is 0 Å². The molecule has 1 fully saturated rings. The Hall–Kier alpha value is -1.62. The maximum Gasteiger partial charge on any atom is 0.257 e.